The number of halogens is 2. The minimum absolute atomic E-state index is 0.0259. The van der Waals surface area contributed by atoms with Gasteiger partial charge in [0.25, 0.3) is 5.91 Å². The van der Waals surface area contributed by atoms with Crippen molar-refractivity contribution in [1.29, 1.82) is 0 Å². The molecule has 0 atom stereocenters. The zero-order valence-corrected chi connectivity index (χ0v) is 15.9. The van der Waals surface area contributed by atoms with Gasteiger partial charge in [-0.1, -0.05) is 39.0 Å². The Morgan fingerprint density at radius 3 is 2.36 bits per heavy atom. The minimum atomic E-state index is -1.07. The highest BCUT2D eigenvalue weighted by atomic mass is 19.2. The second kappa shape index (κ2) is 7.76. The Labute approximate surface area is 162 Å². The van der Waals surface area contributed by atoms with Gasteiger partial charge in [-0.3, -0.25) is 4.79 Å². The van der Waals surface area contributed by atoms with E-state index < -0.39 is 17.5 Å². The molecule has 3 aromatic rings. The van der Waals surface area contributed by atoms with Crippen LogP contribution in [0.1, 0.15) is 36.7 Å². The molecule has 0 saturated heterocycles. The number of rotatable bonds is 4. The molecule has 0 bridgehead atoms. The number of benzene rings is 2. The molecule has 4 nitrogen and oxygen atoms in total. The molecule has 0 spiro atoms. The van der Waals surface area contributed by atoms with E-state index in [0.29, 0.717) is 11.5 Å². The van der Waals surface area contributed by atoms with Crippen LogP contribution in [0.2, 0.25) is 0 Å². The van der Waals surface area contributed by atoms with E-state index in [1.54, 1.807) is 12.1 Å². The number of hydrogen-bond donors (Lipinski definition) is 2. The molecule has 144 valence electrons. The van der Waals surface area contributed by atoms with Gasteiger partial charge in [0.05, 0.1) is 11.9 Å². The van der Waals surface area contributed by atoms with Gasteiger partial charge in [-0.2, -0.15) is 0 Å². The maximum absolute atomic E-state index is 13.3. The second-order valence-electron chi connectivity index (χ2n) is 7.44. The van der Waals surface area contributed by atoms with E-state index in [2.05, 4.69) is 42.5 Å². The molecular weight excluding hydrogens is 360 g/mol. The molecule has 2 aromatic carbocycles. The molecule has 1 heterocycles. The van der Waals surface area contributed by atoms with Crippen molar-refractivity contribution >= 4 is 23.1 Å². The van der Waals surface area contributed by atoms with Crippen molar-refractivity contribution in [2.75, 3.05) is 10.6 Å². The number of carbonyl (C=O) groups excluding carboxylic acids is 1. The highest BCUT2D eigenvalue weighted by Gasteiger charge is 2.17. The smallest absolute Gasteiger partial charge is 0.255 e. The molecule has 0 fully saturated rings. The number of amides is 1. The van der Waals surface area contributed by atoms with E-state index in [0.717, 1.165) is 23.4 Å². The van der Waals surface area contributed by atoms with Gasteiger partial charge < -0.3 is 10.6 Å². The fourth-order valence-corrected chi connectivity index (χ4v) is 2.77. The molecule has 0 unspecified atom stereocenters. The van der Waals surface area contributed by atoms with Gasteiger partial charge in [-0.05, 0) is 47.4 Å². The number of nitrogens with zero attached hydrogens (tertiary/aromatic N) is 1. The Morgan fingerprint density at radius 2 is 1.71 bits per heavy atom. The van der Waals surface area contributed by atoms with Crippen LogP contribution in [0.5, 0.6) is 0 Å². The maximum atomic E-state index is 13.3. The van der Waals surface area contributed by atoms with Gasteiger partial charge in [0.1, 0.15) is 5.82 Å². The molecular formula is C22H21F2N3O. The van der Waals surface area contributed by atoms with Crippen molar-refractivity contribution in [3.63, 3.8) is 0 Å². The topological polar surface area (TPSA) is 54.0 Å². The predicted molar refractivity (Wildman–Crippen MR) is 107 cm³/mol. The lowest BCUT2D eigenvalue weighted by Gasteiger charge is -2.23. The molecule has 0 saturated carbocycles. The zero-order valence-electron chi connectivity index (χ0n) is 15.9. The average molecular weight is 381 g/mol. The van der Waals surface area contributed by atoms with E-state index >= 15 is 0 Å². The number of hydrogen-bond acceptors (Lipinski definition) is 3. The highest BCUT2D eigenvalue weighted by Crippen LogP contribution is 2.31. The Bertz CT molecular complexity index is 995. The van der Waals surface area contributed by atoms with Crippen LogP contribution < -0.4 is 10.6 Å². The van der Waals surface area contributed by atoms with Crippen molar-refractivity contribution in [3.05, 3.63) is 83.6 Å². The first kappa shape index (κ1) is 19.5. The van der Waals surface area contributed by atoms with Gasteiger partial charge in [0.2, 0.25) is 0 Å². The molecule has 1 aromatic heterocycles. The molecule has 0 radical (unpaired) electrons. The van der Waals surface area contributed by atoms with E-state index in [9.17, 15) is 13.6 Å². The lowest BCUT2D eigenvalue weighted by molar-refractivity contribution is 0.102. The highest BCUT2D eigenvalue weighted by molar-refractivity contribution is 6.04. The third-order valence-electron chi connectivity index (χ3n) is 4.20. The number of carbonyl (C=O) groups is 1. The summed E-state index contributed by atoms with van der Waals surface area (Å²) in [5.41, 5.74) is 2.57. The fraction of sp³-hybridized carbons (Fsp3) is 0.182. The Balaban J connectivity index is 1.72. The molecule has 0 aliphatic carbocycles. The Morgan fingerprint density at radius 1 is 0.964 bits per heavy atom. The first-order chi connectivity index (χ1) is 13.2. The summed E-state index contributed by atoms with van der Waals surface area (Å²) < 4.78 is 26.3. The summed E-state index contributed by atoms with van der Waals surface area (Å²) in [5, 5.41) is 5.90. The third kappa shape index (κ3) is 4.52. The lowest BCUT2D eigenvalue weighted by atomic mass is 9.86. The number of para-hydroxylation sites is 1. The monoisotopic (exact) mass is 381 g/mol. The van der Waals surface area contributed by atoms with Crippen LogP contribution in [0.3, 0.4) is 0 Å². The Kier molecular flexibility index (Phi) is 5.40. The van der Waals surface area contributed by atoms with Crippen molar-refractivity contribution < 1.29 is 13.6 Å². The molecule has 28 heavy (non-hydrogen) atoms. The van der Waals surface area contributed by atoms with Crippen LogP contribution in [0.15, 0.2) is 60.8 Å². The van der Waals surface area contributed by atoms with Gasteiger partial charge in [-0.15, -0.1) is 0 Å². The molecule has 0 aliphatic heterocycles. The van der Waals surface area contributed by atoms with Crippen LogP contribution in [0.4, 0.5) is 26.0 Å². The summed E-state index contributed by atoms with van der Waals surface area (Å²) in [5.74, 6) is -1.98. The van der Waals surface area contributed by atoms with Crippen molar-refractivity contribution in [1.82, 2.24) is 4.98 Å². The van der Waals surface area contributed by atoms with Crippen LogP contribution in [-0.2, 0) is 5.41 Å². The fourth-order valence-electron chi connectivity index (χ4n) is 2.77. The predicted octanol–water partition coefficient (Wildman–Crippen LogP) is 5.65. The standard InChI is InChI=1S/C22H21F2N3O/c1-22(2,3)16-6-4-5-7-19(16)27-20-11-9-15(13-25-20)26-21(28)14-8-10-17(23)18(24)12-14/h4-13H,1-3H3,(H,25,27)(H,26,28). The zero-order chi connectivity index (χ0) is 20.3. The van der Waals surface area contributed by atoms with Gasteiger partial charge in [-0.25, -0.2) is 13.8 Å². The van der Waals surface area contributed by atoms with Crippen LogP contribution >= 0.6 is 0 Å². The molecule has 2 N–H and O–H groups in total. The molecule has 6 heteroatoms. The average Bonchev–Trinajstić information content (AvgIpc) is 2.65. The normalized spacial score (nSPS) is 11.2. The first-order valence-electron chi connectivity index (χ1n) is 8.83. The quantitative estimate of drug-likeness (QED) is 0.614. The molecule has 3 rings (SSSR count). The number of aromatic nitrogens is 1. The summed E-state index contributed by atoms with van der Waals surface area (Å²) >= 11 is 0. The summed E-state index contributed by atoms with van der Waals surface area (Å²) in [6, 6.07) is 14.4. The third-order valence-corrected chi connectivity index (χ3v) is 4.20. The van der Waals surface area contributed by atoms with Crippen molar-refractivity contribution in [3.8, 4) is 0 Å². The van der Waals surface area contributed by atoms with E-state index in [1.807, 2.05) is 18.2 Å². The molecule has 1 amide bonds. The largest absolute Gasteiger partial charge is 0.340 e. The summed E-state index contributed by atoms with van der Waals surface area (Å²) in [6.45, 7) is 6.41. The van der Waals surface area contributed by atoms with Gasteiger partial charge in [0.15, 0.2) is 11.6 Å². The first-order valence-corrected chi connectivity index (χ1v) is 8.83. The van der Waals surface area contributed by atoms with E-state index in [4.69, 9.17) is 0 Å². The maximum Gasteiger partial charge on any atom is 0.255 e. The molecule has 0 aliphatic rings. The summed E-state index contributed by atoms with van der Waals surface area (Å²) in [6.07, 6.45) is 1.50. The lowest BCUT2D eigenvalue weighted by Crippen LogP contribution is -2.14. The van der Waals surface area contributed by atoms with E-state index in [-0.39, 0.29) is 11.0 Å². The van der Waals surface area contributed by atoms with Crippen molar-refractivity contribution in [2.24, 2.45) is 0 Å². The van der Waals surface area contributed by atoms with Crippen LogP contribution in [0.25, 0.3) is 0 Å². The van der Waals surface area contributed by atoms with E-state index in [1.165, 1.54) is 12.3 Å². The number of pyridine rings is 1. The minimum Gasteiger partial charge on any atom is -0.340 e. The van der Waals surface area contributed by atoms with Gasteiger partial charge in [0, 0.05) is 11.3 Å². The van der Waals surface area contributed by atoms with Crippen LogP contribution in [-0.4, -0.2) is 10.9 Å². The van der Waals surface area contributed by atoms with Crippen molar-refractivity contribution in [2.45, 2.75) is 26.2 Å². The second-order valence-corrected chi connectivity index (χ2v) is 7.44. The van der Waals surface area contributed by atoms with Gasteiger partial charge >= 0.3 is 0 Å². The summed E-state index contributed by atoms with van der Waals surface area (Å²) in [4.78, 5) is 16.5. The number of anilines is 3. The number of nitrogens with one attached hydrogen (secondary N) is 2. The van der Waals surface area contributed by atoms with Crippen LogP contribution in [0, 0.1) is 11.6 Å². The SMILES string of the molecule is CC(C)(C)c1ccccc1Nc1ccc(NC(=O)c2ccc(F)c(F)c2)cn1. The summed E-state index contributed by atoms with van der Waals surface area (Å²) in [7, 11) is 0. The Hall–Kier alpha value is -3.28.